The second-order valence-corrected chi connectivity index (χ2v) is 7.20. The van der Waals surface area contributed by atoms with Gasteiger partial charge in [0.1, 0.15) is 5.69 Å². The maximum atomic E-state index is 12.5. The summed E-state index contributed by atoms with van der Waals surface area (Å²) in [5, 5.41) is 11.5. The molecular formula is C18H18N6O2S. The Morgan fingerprint density at radius 3 is 2.74 bits per heavy atom. The zero-order valence-corrected chi connectivity index (χ0v) is 15.3. The molecule has 1 aliphatic heterocycles. The highest BCUT2D eigenvalue weighted by Crippen LogP contribution is 2.22. The van der Waals surface area contributed by atoms with Gasteiger partial charge in [-0.05, 0) is 36.4 Å². The molecule has 27 heavy (non-hydrogen) atoms. The van der Waals surface area contributed by atoms with E-state index in [4.69, 9.17) is 0 Å². The Balaban J connectivity index is 1.32. The number of anilines is 1. The fraction of sp³-hybridized carbons (Fsp3) is 0.278. The van der Waals surface area contributed by atoms with Crippen LogP contribution in [-0.4, -0.2) is 50.0 Å². The number of nitrogens with zero attached hydrogens (tertiary/aromatic N) is 4. The van der Waals surface area contributed by atoms with E-state index in [0.29, 0.717) is 37.4 Å². The number of nitrogens with one attached hydrogen (secondary N) is 2. The molecule has 9 heteroatoms. The number of carbonyl (C=O) groups excluding carboxylic acids is 2. The predicted molar refractivity (Wildman–Crippen MR) is 101 cm³/mol. The Morgan fingerprint density at radius 1 is 1.19 bits per heavy atom. The maximum Gasteiger partial charge on any atom is 0.263 e. The Morgan fingerprint density at radius 2 is 2.04 bits per heavy atom. The average molecular weight is 382 g/mol. The summed E-state index contributed by atoms with van der Waals surface area (Å²) in [6.45, 7) is 1.14. The number of aromatic amines is 1. The number of thiophene rings is 1. The fourth-order valence-electron chi connectivity index (χ4n) is 3.05. The highest BCUT2D eigenvalue weighted by atomic mass is 32.1. The summed E-state index contributed by atoms with van der Waals surface area (Å²) in [6.07, 6.45) is 2.92. The number of hydrogen-bond donors (Lipinski definition) is 2. The SMILES string of the molecule is O=C(Nc1n[nH]c(-c2ccccn2)n1)C1CCN(C(=O)c2cccs2)CC1. The first-order valence-electron chi connectivity index (χ1n) is 8.68. The zero-order chi connectivity index (χ0) is 18.6. The van der Waals surface area contributed by atoms with E-state index in [0.717, 1.165) is 4.88 Å². The largest absolute Gasteiger partial charge is 0.338 e. The predicted octanol–water partition coefficient (Wildman–Crippen LogP) is 2.42. The van der Waals surface area contributed by atoms with E-state index >= 15 is 0 Å². The molecule has 0 aromatic carbocycles. The molecule has 1 aliphatic rings. The summed E-state index contributed by atoms with van der Waals surface area (Å²) < 4.78 is 0. The molecule has 0 atom stereocenters. The quantitative estimate of drug-likeness (QED) is 0.721. The van der Waals surface area contributed by atoms with E-state index in [1.54, 1.807) is 6.20 Å². The number of piperidine rings is 1. The van der Waals surface area contributed by atoms with Gasteiger partial charge in [0.05, 0.1) is 4.88 Å². The third-order valence-electron chi connectivity index (χ3n) is 4.51. The van der Waals surface area contributed by atoms with E-state index < -0.39 is 0 Å². The van der Waals surface area contributed by atoms with Crippen molar-refractivity contribution in [2.45, 2.75) is 12.8 Å². The average Bonchev–Trinajstić information content (AvgIpc) is 3.40. The molecule has 0 radical (unpaired) electrons. The van der Waals surface area contributed by atoms with Crippen LogP contribution in [0.15, 0.2) is 41.9 Å². The van der Waals surface area contributed by atoms with Crippen LogP contribution in [0, 0.1) is 5.92 Å². The normalized spacial score (nSPS) is 14.9. The molecule has 0 saturated carbocycles. The highest BCUT2D eigenvalue weighted by Gasteiger charge is 2.28. The van der Waals surface area contributed by atoms with E-state index in [-0.39, 0.29) is 23.7 Å². The Kier molecular flexibility index (Phi) is 4.93. The minimum atomic E-state index is -0.158. The minimum Gasteiger partial charge on any atom is -0.338 e. The summed E-state index contributed by atoms with van der Waals surface area (Å²) in [7, 11) is 0. The van der Waals surface area contributed by atoms with Crippen molar-refractivity contribution in [2.75, 3.05) is 18.4 Å². The molecule has 1 fully saturated rings. The number of H-pyrrole nitrogens is 1. The number of likely N-dealkylation sites (tertiary alicyclic amines) is 1. The third-order valence-corrected chi connectivity index (χ3v) is 5.37. The second-order valence-electron chi connectivity index (χ2n) is 6.26. The number of pyridine rings is 1. The molecule has 4 rings (SSSR count). The molecule has 3 aromatic rings. The van der Waals surface area contributed by atoms with Gasteiger partial charge < -0.3 is 4.90 Å². The Bertz CT molecular complexity index is 917. The molecule has 0 aliphatic carbocycles. The Hall–Kier alpha value is -3.07. The van der Waals surface area contributed by atoms with Crippen LogP contribution < -0.4 is 5.32 Å². The summed E-state index contributed by atoms with van der Waals surface area (Å²) in [5.41, 5.74) is 0.658. The van der Waals surface area contributed by atoms with Gasteiger partial charge in [-0.1, -0.05) is 12.1 Å². The first kappa shape index (κ1) is 17.3. The topological polar surface area (TPSA) is 104 Å². The fourth-order valence-corrected chi connectivity index (χ4v) is 3.74. The van der Waals surface area contributed by atoms with Gasteiger partial charge in [0.15, 0.2) is 5.82 Å². The van der Waals surface area contributed by atoms with Crippen LogP contribution in [0.3, 0.4) is 0 Å². The molecular weight excluding hydrogens is 364 g/mol. The van der Waals surface area contributed by atoms with Crippen molar-refractivity contribution in [3.05, 3.63) is 46.8 Å². The number of amides is 2. The maximum absolute atomic E-state index is 12.5. The first-order chi connectivity index (χ1) is 13.2. The van der Waals surface area contributed by atoms with Crippen LogP contribution in [0.5, 0.6) is 0 Å². The van der Waals surface area contributed by atoms with E-state index in [1.165, 1.54) is 11.3 Å². The van der Waals surface area contributed by atoms with Gasteiger partial charge in [-0.25, -0.2) is 0 Å². The smallest absolute Gasteiger partial charge is 0.263 e. The van der Waals surface area contributed by atoms with Crippen LogP contribution in [-0.2, 0) is 4.79 Å². The van der Waals surface area contributed by atoms with Crippen LogP contribution in [0.1, 0.15) is 22.5 Å². The Labute approximate surface area is 159 Å². The van der Waals surface area contributed by atoms with E-state index in [1.807, 2.05) is 40.6 Å². The van der Waals surface area contributed by atoms with Crippen molar-refractivity contribution in [2.24, 2.45) is 5.92 Å². The third kappa shape index (κ3) is 3.87. The van der Waals surface area contributed by atoms with Crippen LogP contribution >= 0.6 is 11.3 Å². The number of aromatic nitrogens is 4. The lowest BCUT2D eigenvalue weighted by atomic mass is 9.96. The van der Waals surface area contributed by atoms with Crippen LogP contribution in [0.25, 0.3) is 11.5 Å². The monoisotopic (exact) mass is 382 g/mol. The number of carbonyl (C=O) groups is 2. The van der Waals surface area contributed by atoms with Gasteiger partial charge in [0, 0.05) is 25.2 Å². The lowest BCUT2D eigenvalue weighted by Gasteiger charge is -2.30. The van der Waals surface area contributed by atoms with Crippen molar-refractivity contribution in [1.82, 2.24) is 25.1 Å². The summed E-state index contributed by atoms with van der Waals surface area (Å²) >= 11 is 1.44. The van der Waals surface area contributed by atoms with Crippen molar-refractivity contribution < 1.29 is 9.59 Å². The molecule has 2 N–H and O–H groups in total. The molecule has 0 spiro atoms. The second kappa shape index (κ2) is 7.67. The van der Waals surface area contributed by atoms with Gasteiger partial charge in [0.25, 0.3) is 5.91 Å². The zero-order valence-electron chi connectivity index (χ0n) is 14.5. The van der Waals surface area contributed by atoms with Gasteiger partial charge >= 0.3 is 0 Å². The van der Waals surface area contributed by atoms with Crippen LogP contribution in [0.4, 0.5) is 5.95 Å². The summed E-state index contributed by atoms with van der Waals surface area (Å²) in [6, 6.07) is 9.18. The number of hydrogen-bond acceptors (Lipinski definition) is 6. The molecule has 4 heterocycles. The molecule has 1 saturated heterocycles. The van der Waals surface area contributed by atoms with Gasteiger partial charge in [-0.2, -0.15) is 4.98 Å². The van der Waals surface area contributed by atoms with Gasteiger partial charge in [0.2, 0.25) is 11.9 Å². The molecule has 3 aromatic heterocycles. The first-order valence-corrected chi connectivity index (χ1v) is 9.56. The van der Waals surface area contributed by atoms with Gasteiger partial charge in [-0.15, -0.1) is 16.4 Å². The van der Waals surface area contributed by atoms with Crippen LogP contribution in [0.2, 0.25) is 0 Å². The minimum absolute atomic E-state index is 0.0397. The molecule has 8 nitrogen and oxygen atoms in total. The van der Waals surface area contributed by atoms with Crippen molar-refractivity contribution in [3.8, 4) is 11.5 Å². The van der Waals surface area contributed by atoms with E-state index in [2.05, 4.69) is 25.5 Å². The van der Waals surface area contributed by atoms with Crippen molar-refractivity contribution in [3.63, 3.8) is 0 Å². The lowest BCUT2D eigenvalue weighted by molar-refractivity contribution is -0.121. The van der Waals surface area contributed by atoms with Crippen molar-refractivity contribution in [1.29, 1.82) is 0 Å². The molecule has 0 unspecified atom stereocenters. The van der Waals surface area contributed by atoms with Gasteiger partial charge in [-0.3, -0.25) is 25.0 Å². The summed E-state index contributed by atoms with van der Waals surface area (Å²) in [5.74, 6) is 0.497. The molecule has 138 valence electrons. The lowest BCUT2D eigenvalue weighted by Crippen LogP contribution is -2.41. The standard InChI is InChI=1S/C18H18N6O2S/c25-16(21-18-20-15(22-23-18)13-4-1-2-8-19-13)12-6-9-24(10-7-12)17(26)14-5-3-11-27-14/h1-5,8,11-12H,6-7,9-10H2,(H2,20,21,22,23,25). The van der Waals surface area contributed by atoms with E-state index in [9.17, 15) is 9.59 Å². The number of rotatable bonds is 4. The molecule has 2 amide bonds. The van der Waals surface area contributed by atoms with Crippen molar-refractivity contribution >= 4 is 29.1 Å². The summed E-state index contributed by atoms with van der Waals surface area (Å²) in [4.78, 5) is 35.9. The molecule has 0 bridgehead atoms. The highest BCUT2D eigenvalue weighted by molar-refractivity contribution is 7.12.